The molecule has 0 aliphatic carbocycles. The van der Waals surface area contributed by atoms with E-state index >= 15 is 0 Å². The van der Waals surface area contributed by atoms with Gasteiger partial charge in [0.1, 0.15) is 19.0 Å². The van der Waals surface area contributed by atoms with Gasteiger partial charge in [0, 0.05) is 19.7 Å². The molecule has 9 heteroatoms. The van der Waals surface area contributed by atoms with Crippen LogP contribution in [0.15, 0.2) is 59.5 Å². The molecule has 0 spiro atoms. The molecule has 3 aromatic carbocycles. The number of nitrogens with zero attached hydrogens (tertiary/aromatic N) is 1. The maximum absolute atomic E-state index is 12.9. The Kier molecular flexibility index (Phi) is 6.20. The molecular weight excluding hydrogens is 432 g/mol. The summed E-state index contributed by atoms with van der Waals surface area (Å²) in [5.41, 5.74) is 0.911. The first kappa shape index (κ1) is 21.9. The van der Waals surface area contributed by atoms with Gasteiger partial charge in [0.15, 0.2) is 11.5 Å². The van der Waals surface area contributed by atoms with Gasteiger partial charge in [-0.15, -0.1) is 0 Å². The lowest BCUT2D eigenvalue weighted by Crippen LogP contribution is -2.38. The Bertz CT molecular complexity index is 1260. The number of amides is 1. The molecule has 1 heterocycles. The number of sulfonamides is 1. The highest BCUT2D eigenvalue weighted by Gasteiger charge is 2.25. The van der Waals surface area contributed by atoms with Crippen LogP contribution in [0, 0.1) is 0 Å². The first-order valence-electron chi connectivity index (χ1n) is 10.1. The van der Waals surface area contributed by atoms with Crippen LogP contribution < -0.4 is 19.5 Å². The average Bonchev–Trinajstić information content (AvgIpc) is 2.81. The molecule has 0 aromatic heterocycles. The minimum absolute atomic E-state index is 0.0435. The molecule has 32 heavy (non-hydrogen) atoms. The van der Waals surface area contributed by atoms with E-state index in [4.69, 9.17) is 14.2 Å². The average molecular weight is 457 g/mol. The van der Waals surface area contributed by atoms with E-state index in [9.17, 15) is 13.2 Å². The summed E-state index contributed by atoms with van der Waals surface area (Å²) < 4.78 is 42.9. The van der Waals surface area contributed by atoms with Crippen LogP contribution in [0.4, 0.5) is 0 Å². The maximum Gasteiger partial charge on any atom is 0.243 e. The van der Waals surface area contributed by atoms with Gasteiger partial charge >= 0.3 is 0 Å². The van der Waals surface area contributed by atoms with Crippen LogP contribution in [0.1, 0.15) is 5.56 Å². The van der Waals surface area contributed by atoms with Crippen LogP contribution in [0.3, 0.4) is 0 Å². The second-order valence-corrected chi connectivity index (χ2v) is 9.44. The number of rotatable bonds is 7. The third kappa shape index (κ3) is 4.63. The molecule has 0 saturated carbocycles. The van der Waals surface area contributed by atoms with E-state index in [1.165, 1.54) is 19.2 Å². The zero-order valence-corrected chi connectivity index (χ0v) is 18.6. The molecule has 0 atom stereocenters. The van der Waals surface area contributed by atoms with Crippen molar-refractivity contribution in [3.05, 3.63) is 60.2 Å². The quantitative estimate of drug-likeness (QED) is 0.587. The predicted molar refractivity (Wildman–Crippen MR) is 120 cm³/mol. The van der Waals surface area contributed by atoms with Gasteiger partial charge in [-0.1, -0.05) is 18.2 Å². The van der Waals surface area contributed by atoms with E-state index in [0.29, 0.717) is 31.3 Å². The highest BCUT2D eigenvalue weighted by molar-refractivity contribution is 7.89. The van der Waals surface area contributed by atoms with Crippen molar-refractivity contribution in [1.82, 2.24) is 9.62 Å². The maximum atomic E-state index is 12.9. The molecule has 1 aliphatic rings. The fourth-order valence-electron chi connectivity index (χ4n) is 3.42. The number of carbonyl (C=O) groups excluding carboxylic acids is 1. The third-order valence-electron chi connectivity index (χ3n) is 5.19. The molecule has 0 bridgehead atoms. The van der Waals surface area contributed by atoms with Crippen molar-refractivity contribution < 1.29 is 27.4 Å². The zero-order chi connectivity index (χ0) is 22.7. The van der Waals surface area contributed by atoms with Crippen molar-refractivity contribution in [3.8, 4) is 17.2 Å². The lowest BCUT2D eigenvalue weighted by Gasteiger charge is -2.21. The molecule has 3 aromatic rings. The van der Waals surface area contributed by atoms with E-state index in [-0.39, 0.29) is 11.4 Å². The number of carbonyl (C=O) groups is 1. The van der Waals surface area contributed by atoms with E-state index in [0.717, 1.165) is 26.4 Å². The molecular formula is C23H24N2O6S. The Morgan fingerprint density at radius 2 is 1.72 bits per heavy atom. The summed E-state index contributed by atoms with van der Waals surface area (Å²) in [6.07, 6.45) is 0. The largest absolute Gasteiger partial charge is 0.497 e. The highest BCUT2D eigenvalue weighted by atomic mass is 32.2. The second kappa shape index (κ2) is 9.05. The van der Waals surface area contributed by atoms with Crippen LogP contribution in [0.5, 0.6) is 17.2 Å². The Labute approximate surface area is 186 Å². The number of hydrogen-bond acceptors (Lipinski definition) is 6. The minimum atomic E-state index is -3.86. The first-order valence-corrected chi connectivity index (χ1v) is 11.5. The number of nitrogens with one attached hydrogen (secondary N) is 1. The Morgan fingerprint density at radius 3 is 2.50 bits per heavy atom. The second-order valence-electron chi connectivity index (χ2n) is 7.39. The molecule has 168 valence electrons. The topological polar surface area (TPSA) is 94.2 Å². The predicted octanol–water partition coefficient (Wildman–Crippen LogP) is 2.56. The van der Waals surface area contributed by atoms with Gasteiger partial charge in [0.2, 0.25) is 15.9 Å². The highest BCUT2D eigenvalue weighted by Crippen LogP contribution is 2.33. The number of ether oxygens (including phenoxy) is 3. The normalized spacial score (nSPS) is 13.2. The van der Waals surface area contributed by atoms with Crippen LogP contribution in [0.25, 0.3) is 10.8 Å². The van der Waals surface area contributed by atoms with Crippen molar-refractivity contribution in [3.63, 3.8) is 0 Å². The fraction of sp³-hybridized carbons (Fsp3) is 0.261. The summed E-state index contributed by atoms with van der Waals surface area (Å²) in [5, 5.41) is 4.83. The van der Waals surface area contributed by atoms with Crippen molar-refractivity contribution in [2.75, 3.05) is 33.9 Å². The number of methoxy groups -OCH3 is 1. The number of hydrogen-bond donors (Lipinski definition) is 1. The number of fused-ring (bicyclic) bond motifs is 2. The van der Waals surface area contributed by atoms with Crippen molar-refractivity contribution in [1.29, 1.82) is 0 Å². The third-order valence-corrected chi connectivity index (χ3v) is 6.99. The minimum Gasteiger partial charge on any atom is -0.497 e. The summed E-state index contributed by atoms with van der Waals surface area (Å²) in [7, 11) is -0.870. The summed E-state index contributed by atoms with van der Waals surface area (Å²) in [4.78, 5) is 12.4. The smallest absolute Gasteiger partial charge is 0.243 e. The molecule has 1 N–H and O–H groups in total. The lowest BCUT2D eigenvalue weighted by molar-refractivity contribution is -0.121. The van der Waals surface area contributed by atoms with Crippen LogP contribution in [-0.4, -0.2) is 52.5 Å². The molecule has 1 amide bonds. The van der Waals surface area contributed by atoms with Crippen molar-refractivity contribution in [2.24, 2.45) is 0 Å². The van der Waals surface area contributed by atoms with Crippen LogP contribution in [0.2, 0.25) is 0 Å². The van der Waals surface area contributed by atoms with E-state index in [2.05, 4.69) is 5.32 Å². The Balaban J connectivity index is 1.38. The molecule has 0 fully saturated rings. The van der Waals surface area contributed by atoms with E-state index in [1.807, 2.05) is 36.4 Å². The van der Waals surface area contributed by atoms with Gasteiger partial charge < -0.3 is 19.5 Å². The SMILES string of the molecule is COc1ccc2cc(CNC(=O)CN(C)S(=O)(=O)c3ccc4c(c3)OCCO4)ccc2c1. The molecule has 0 saturated heterocycles. The number of likely N-dealkylation sites (N-methyl/N-ethyl adjacent to an activating group) is 1. The van der Waals surface area contributed by atoms with Gasteiger partial charge in [-0.3, -0.25) is 4.79 Å². The van der Waals surface area contributed by atoms with Crippen molar-refractivity contribution >= 4 is 26.7 Å². The summed E-state index contributed by atoms with van der Waals surface area (Å²) in [6, 6.07) is 16.0. The van der Waals surface area contributed by atoms with Crippen molar-refractivity contribution in [2.45, 2.75) is 11.4 Å². The van der Waals surface area contributed by atoms with Crippen LogP contribution >= 0.6 is 0 Å². The summed E-state index contributed by atoms with van der Waals surface area (Å²) in [6.45, 7) is 0.766. The van der Waals surface area contributed by atoms with Crippen LogP contribution in [-0.2, 0) is 21.4 Å². The van der Waals surface area contributed by atoms with Gasteiger partial charge in [-0.2, -0.15) is 4.31 Å². The van der Waals surface area contributed by atoms with Gasteiger partial charge in [-0.05, 0) is 46.7 Å². The van der Waals surface area contributed by atoms with Gasteiger partial charge in [0.25, 0.3) is 0 Å². The van der Waals surface area contributed by atoms with Gasteiger partial charge in [0.05, 0.1) is 18.6 Å². The van der Waals surface area contributed by atoms with Gasteiger partial charge in [-0.25, -0.2) is 8.42 Å². The summed E-state index contributed by atoms with van der Waals surface area (Å²) >= 11 is 0. The lowest BCUT2D eigenvalue weighted by atomic mass is 10.1. The Hall–Kier alpha value is -3.30. The zero-order valence-electron chi connectivity index (χ0n) is 17.8. The summed E-state index contributed by atoms with van der Waals surface area (Å²) in [5.74, 6) is 1.26. The molecule has 0 unspecified atom stereocenters. The standard InChI is InChI=1S/C23H24N2O6S/c1-25(32(27,28)20-7-8-21-22(13-20)31-10-9-30-21)15-23(26)24-14-16-3-4-18-12-19(29-2)6-5-17(18)11-16/h3-8,11-13H,9-10,14-15H2,1-2H3,(H,24,26). The molecule has 0 radical (unpaired) electrons. The first-order chi connectivity index (χ1) is 15.4. The monoisotopic (exact) mass is 456 g/mol. The van der Waals surface area contributed by atoms with E-state index < -0.39 is 15.9 Å². The number of benzene rings is 3. The fourth-order valence-corrected chi connectivity index (χ4v) is 4.56. The molecule has 8 nitrogen and oxygen atoms in total. The Morgan fingerprint density at radius 1 is 1.00 bits per heavy atom. The molecule has 4 rings (SSSR count). The molecule has 1 aliphatic heterocycles. The van der Waals surface area contributed by atoms with E-state index in [1.54, 1.807) is 13.2 Å².